The molecule has 1 heterocycles. The first-order valence-corrected chi connectivity index (χ1v) is 3.87. The number of hydrogen-bond donors (Lipinski definition) is 2. The zero-order valence-electron chi connectivity index (χ0n) is 5.89. The summed E-state index contributed by atoms with van der Waals surface area (Å²) in [6.07, 6.45) is 2.21. The van der Waals surface area contributed by atoms with Gasteiger partial charge in [0.15, 0.2) is 0 Å². The third-order valence-electron chi connectivity index (χ3n) is 2.08. The molecule has 1 saturated carbocycles. The molecule has 2 N–H and O–H groups in total. The molecule has 0 aromatic carbocycles. The van der Waals surface area contributed by atoms with E-state index in [2.05, 4.69) is 10.6 Å². The zero-order valence-corrected chi connectivity index (χ0v) is 5.89. The molecule has 2 fully saturated rings. The molecular formula is C7H12N2O. The lowest BCUT2D eigenvalue weighted by molar-refractivity contribution is -0.123. The topological polar surface area (TPSA) is 41.1 Å². The fourth-order valence-electron chi connectivity index (χ4n) is 1.06. The van der Waals surface area contributed by atoms with E-state index in [9.17, 15) is 4.79 Å². The Hall–Kier alpha value is -0.570. The van der Waals surface area contributed by atoms with E-state index in [1.807, 2.05) is 0 Å². The zero-order chi connectivity index (χ0) is 6.97. The van der Waals surface area contributed by atoms with Crippen LogP contribution in [0.5, 0.6) is 0 Å². The first-order chi connectivity index (χ1) is 4.86. The van der Waals surface area contributed by atoms with Crippen molar-refractivity contribution in [2.45, 2.75) is 18.9 Å². The van der Waals surface area contributed by atoms with Crippen LogP contribution in [0.4, 0.5) is 0 Å². The van der Waals surface area contributed by atoms with Crippen molar-refractivity contribution < 1.29 is 4.79 Å². The predicted octanol–water partition coefficient (Wildman–Crippen LogP) is -0.516. The van der Waals surface area contributed by atoms with Gasteiger partial charge in [0, 0.05) is 19.0 Å². The molecule has 2 rings (SSSR count). The Labute approximate surface area is 60.2 Å². The Morgan fingerprint density at radius 1 is 1.40 bits per heavy atom. The van der Waals surface area contributed by atoms with Crippen molar-refractivity contribution in [2.75, 3.05) is 13.1 Å². The lowest BCUT2D eigenvalue weighted by Gasteiger charge is -2.27. The summed E-state index contributed by atoms with van der Waals surface area (Å²) in [6, 6.07) is 0.424. The van der Waals surface area contributed by atoms with Gasteiger partial charge in [0.25, 0.3) is 0 Å². The summed E-state index contributed by atoms with van der Waals surface area (Å²) < 4.78 is 0. The van der Waals surface area contributed by atoms with Crippen LogP contribution in [-0.4, -0.2) is 25.0 Å². The molecule has 10 heavy (non-hydrogen) atoms. The third kappa shape index (κ3) is 1.14. The van der Waals surface area contributed by atoms with E-state index in [4.69, 9.17) is 0 Å². The van der Waals surface area contributed by atoms with Gasteiger partial charge in [0.1, 0.15) is 0 Å². The van der Waals surface area contributed by atoms with Crippen LogP contribution in [0.15, 0.2) is 0 Å². The van der Waals surface area contributed by atoms with E-state index < -0.39 is 0 Å². The molecule has 3 heteroatoms. The first kappa shape index (κ1) is 6.16. The Kier molecular flexibility index (Phi) is 1.38. The lowest BCUT2D eigenvalue weighted by atomic mass is 10.2. The molecular weight excluding hydrogens is 128 g/mol. The van der Waals surface area contributed by atoms with Crippen LogP contribution in [0.1, 0.15) is 12.8 Å². The minimum Gasteiger partial charge on any atom is -0.351 e. The highest BCUT2D eigenvalue weighted by molar-refractivity contribution is 5.81. The second kappa shape index (κ2) is 2.23. The SMILES string of the molecule is O=C(NC1CNC1)C1CC1. The molecule has 2 aliphatic rings. The van der Waals surface area contributed by atoms with Crippen LogP contribution in [0.2, 0.25) is 0 Å². The molecule has 3 nitrogen and oxygen atoms in total. The highest BCUT2D eigenvalue weighted by Gasteiger charge is 2.31. The molecule has 1 saturated heterocycles. The van der Waals surface area contributed by atoms with E-state index in [-0.39, 0.29) is 5.91 Å². The number of carbonyl (C=O) groups is 1. The maximum absolute atomic E-state index is 11.1. The van der Waals surface area contributed by atoms with Gasteiger partial charge >= 0.3 is 0 Å². The minimum atomic E-state index is 0.270. The van der Waals surface area contributed by atoms with Gasteiger partial charge in [-0.15, -0.1) is 0 Å². The summed E-state index contributed by atoms with van der Waals surface area (Å²) in [5.41, 5.74) is 0. The Balaban J connectivity index is 1.72. The van der Waals surface area contributed by atoms with Crippen LogP contribution in [0.3, 0.4) is 0 Å². The van der Waals surface area contributed by atoms with E-state index in [0.29, 0.717) is 12.0 Å². The quantitative estimate of drug-likeness (QED) is 0.542. The molecule has 1 aliphatic carbocycles. The number of rotatable bonds is 2. The molecule has 0 aromatic heterocycles. The van der Waals surface area contributed by atoms with Gasteiger partial charge in [-0.3, -0.25) is 4.79 Å². The van der Waals surface area contributed by atoms with Crippen LogP contribution in [0.25, 0.3) is 0 Å². The third-order valence-corrected chi connectivity index (χ3v) is 2.08. The van der Waals surface area contributed by atoms with Gasteiger partial charge in [-0.1, -0.05) is 0 Å². The van der Waals surface area contributed by atoms with Gasteiger partial charge in [-0.25, -0.2) is 0 Å². The monoisotopic (exact) mass is 140 g/mol. The predicted molar refractivity (Wildman–Crippen MR) is 37.5 cm³/mol. The van der Waals surface area contributed by atoms with Gasteiger partial charge in [0.05, 0.1) is 6.04 Å². The van der Waals surface area contributed by atoms with Crippen molar-refractivity contribution in [3.8, 4) is 0 Å². The Morgan fingerprint density at radius 3 is 2.50 bits per heavy atom. The van der Waals surface area contributed by atoms with Crippen LogP contribution >= 0.6 is 0 Å². The largest absolute Gasteiger partial charge is 0.351 e. The van der Waals surface area contributed by atoms with E-state index in [1.165, 1.54) is 0 Å². The van der Waals surface area contributed by atoms with Crippen molar-refractivity contribution in [3.63, 3.8) is 0 Å². The number of hydrogen-bond acceptors (Lipinski definition) is 2. The standard InChI is InChI=1S/C7H12N2O/c10-7(5-1-2-5)9-6-3-8-4-6/h5-6,8H,1-4H2,(H,9,10). The molecule has 0 spiro atoms. The fourth-order valence-corrected chi connectivity index (χ4v) is 1.06. The van der Waals surface area contributed by atoms with Gasteiger partial charge in [-0.05, 0) is 12.8 Å². The molecule has 0 aromatic rings. The number of nitrogens with one attached hydrogen (secondary N) is 2. The summed E-state index contributed by atoms with van der Waals surface area (Å²) in [5, 5.41) is 6.09. The molecule has 0 unspecified atom stereocenters. The average molecular weight is 140 g/mol. The maximum atomic E-state index is 11.1. The normalized spacial score (nSPS) is 25.6. The molecule has 1 amide bonds. The van der Waals surface area contributed by atoms with Crippen LogP contribution < -0.4 is 10.6 Å². The highest BCUT2D eigenvalue weighted by atomic mass is 16.2. The molecule has 0 bridgehead atoms. The lowest BCUT2D eigenvalue weighted by Crippen LogP contribution is -2.57. The Morgan fingerprint density at radius 2 is 2.10 bits per heavy atom. The van der Waals surface area contributed by atoms with Crippen molar-refractivity contribution >= 4 is 5.91 Å². The summed E-state index contributed by atoms with van der Waals surface area (Å²) in [6.45, 7) is 1.91. The minimum absolute atomic E-state index is 0.270. The molecule has 56 valence electrons. The second-order valence-corrected chi connectivity index (χ2v) is 3.14. The highest BCUT2D eigenvalue weighted by Crippen LogP contribution is 2.28. The molecule has 0 atom stereocenters. The van der Waals surface area contributed by atoms with Crippen LogP contribution in [0, 0.1) is 5.92 Å². The molecule has 0 radical (unpaired) electrons. The van der Waals surface area contributed by atoms with Gasteiger partial charge in [-0.2, -0.15) is 0 Å². The van der Waals surface area contributed by atoms with E-state index >= 15 is 0 Å². The smallest absolute Gasteiger partial charge is 0.223 e. The van der Waals surface area contributed by atoms with Crippen LogP contribution in [-0.2, 0) is 4.79 Å². The van der Waals surface area contributed by atoms with Crippen molar-refractivity contribution in [1.29, 1.82) is 0 Å². The summed E-state index contributed by atoms with van der Waals surface area (Å²) in [7, 11) is 0. The van der Waals surface area contributed by atoms with Gasteiger partial charge in [0.2, 0.25) is 5.91 Å². The molecule has 1 aliphatic heterocycles. The average Bonchev–Trinajstić information content (AvgIpc) is 2.58. The van der Waals surface area contributed by atoms with Crippen molar-refractivity contribution in [2.24, 2.45) is 5.92 Å². The maximum Gasteiger partial charge on any atom is 0.223 e. The summed E-state index contributed by atoms with van der Waals surface area (Å²) in [5.74, 6) is 0.632. The summed E-state index contributed by atoms with van der Waals surface area (Å²) >= 11 is 0. The second-order valence-electron chi connectivity index (χ2n) is 3.14. The number of amides is 1. The van der Waals surface area contributed by atoms with Gasteiger partial charge < -0.3 is 10.6 Å². The van der Waals surface area contributed by atoms with E-state index in [0.717, 1.165) is 25.9 Å². The van der Waals surface area contributed by atoms with E-state index in [1.54, 1.807) is 0 Å². The fraction of sp³-hybridized carbons (Fsp3) is 0.857. The first-order valence-electron chi connectivity index (χ1n) is 3.87. The van der Waals surface area contributed by atoms with Crippen molar-refractivity contribution in [1.82, 2.24) is 10.6 Å². The Bertz CT molecular complexity index is 150. The number of carbonyl (C=O) groups excluding carboxylic acids is 1. The van der Waals surface area contributed by atoms with Crippen molar-refractivity contribution in [3.05, 3.63) is 0 Å². The summed E-state index contributed by atoms with van der Waals surface area (Å²) in [4.78, 5) is 11.1.